The lowest BCUT2D eigenvalue weighted by Gasteiger charge is -2.13. The van der Waals surface area contributed by atoms with Crippen LogP contribution in [-0.4, -0.2) is 24.3 Å². The molecule has 0 saturated heterocycles. The minimum Gasteiger partial charge on any atom is -0.264 e. The lowest BCUT2D eigenvalue weighted by Crippen LogP contribution is -2.27. The fourth-order valence-corrected chi connectivity index (χ4v) is 1.54. The van der Waals surface area contributed by atoms with Gasteiger partial charge in [0.15, 0.2) is 0 Å². The molecule has 0 radical (unpaired) electrons. The van der Waals surface area contributed by atoms with E-state index >= 15 is 0 Å². The van der Waals surface area contributed by atoms with Gasteiger partial charge in [-0.05, 0) is 11.6 Å². The highest BCUT2D eigenvalue weighted by molar-refractivity contribution is 7.83. The molecule has 0 amide bonds. The first-order valence-electron chi connectivity index (χ1n) is 4.06. The van der Waals surface area contributed by atoms with Crippen molar-refractivity contribution in [3.8, 4) is 12.3 Å². The summed E-state index contributed by atoms with van der Waals surface area (Å²) >= 11 is 0. The Bertz CT molecular complexity index is 453. The van der Waals surface area contributed by atoms with Crippen LogP contribution in [-0.2, 0) is 17.0 Å². The van der Waals surface area contributed by atoms with Gasteiger partial charge in [0.05, 0.1) is 6.54 Å². The molecule has 0 aliphatic carbocycles. The van der Waals surface area contributed by atoms with E-state index in [-0.39, 0.29) is 13.1 Å². The molecule has 0 aliphatic rings. The van der Waals surface area contributed by atoms with Crippen LogP contribution in [0.3, 0.4) is 0 Å². The number of halogens is 1. The van der Waals surface area contributed by atoms with Crippen LogP contribution < -0.4 is 0 Å². The van der Waals surface area contributed by atoms with Crippen molar-refractivity contribution in [1.82, 2.24) is 9.29 Å². The molecule has 80 valence electrons. The molecule has 0 spiro atoms. The first kappa shape index (κ1) is 11.6. The van der Waals surface area contributed by atoms with E-state index in [1.54, 1.807) is 18.3 Å². The minimum absolute atomic E-state index is 0.114. The molecule has 0 atom stereocenters. The second kappa shape index (κ2) is 4.87. The lowest BCUT2D eigenvalue weighted by molar-refractivity contribution is 0.409. The zero-order chi connectivity index (χ0) is 11.3. The minimum atomic E-state index is -4.76. The van der Waals surface area contributed by atoms with Crippen molar-refractivity contribution in [3.05, 3.63) is 30.1 Å². The molecule has 6 heteroatoms. The van der Waals surface area contributed by atoms with Gasteiger partial charge >= 0.3 is 10.4 Å². The van der Waals surface area contributed by atoms with E-state index in [1.165, 1.54) is 6.20 Å². The van der Waals surface area contributed by atoms with E-state index < -0.39 is 10.4 Å². The van der Waals surface area contributed by atoms with Gasteiger partial charge in [-0.2, -0.15) is 12.7 Å². The molecule has 1 aromatic rings. The number of rotatable bonds is 4. The van der Waals surface area contributed by atoms with Crippen LogP contribution in [0.2, 0.25) is 0 Å². The molecule has 1 heterocycles. The zero-order valence-electron chi connectivity index (χ0n) is 7.80. The van der Waals surface area contributed by atoms with Gasteiger partial charge in [0.1, 0.15) is 0 Å². The first-order valence-corrected chi connectivity index (χ1v) is 5.40. The monoisotopic (exact) mass is 228 g/mol. The highest BCUT2D eigenvalue weighted by atomic mass is 32.3. The van der Waals surface area contributed by atoms with E-state index in [1.807, 2.05) is 0 Å². The lowest BCUT2D eigenvalue weighted by atomic mass is 10.3. The molecule has 4 nitrogen and oxygen atoms in total. The fraction of sp³-hybridized carbons (Fsp3) is 0.222. The molecule has 0 fully saturated rings. The molecule has 0 saturated carbocycles. The van der Waals surface area contributed by atoms with Crippen LogP contribution in [0.5, 0.6) is 0 Å². The highest BCUT2D eigenvalue weighted by Crippen LogP contribution is 2.08. The van der Waals surface area contributed by atoms with E-state index in [0.29, 0.717) is 9.87 Å². The van der Waals surface area contributed by atoms with Crippen molar-refractivity contribution in [1.29, 1.82) is 0 Å². The summed E-state index contributed by atoms with van der Waals surface area (Å²) in [7, 11) is -4.76. The second-order valence-corrected chi connectivity index (χ2v) is 4.12. The predicted octanol–water partition coefficient (Wildman–Crippen LogP) is 0.731. The summed E-state index contributed by atoms with van der Waals surface area (Å²) in [6, 6.07) is 3.27. The third kappa shape index (κ3) is 3.65. The van der Waals surface area contributed by atoms with E-state index in [0.717, 1.165) is 0 Å². The molecule has 0 unspecified atom stereocenters. The van der Waals surface area contributed by atoms with Gasteiger partial charge in [-0.25, -0.2) is 0 Å². The molecule has 0 aromatic carbocycles. The number of nitrogens with zero attached hydrogens (tertiary/aromatic N) is 2. The van der Waals surface area contributed by atoms with Crippen LogP contribution in [0.1, 0.15) is 5.56 Å². The SMILES string of the molecule is C#CCN(Cc1cccnc1)S(=O)(=O)F. The third-order valence-corrected chi connectivity index (χ3v) is 2.53. The van der Waals surface area contributed by atoms with Crippen LogP contribution >= 0.6 is 0 Å². The molecule has 1 aromatic heterocycles. The van der Waals surface area contributed by atoms with E-state index in [9.17, 15) is 12.3 Å². The number of hydrogen-bond acceptors (Lipinski definition) is 3. The summed E-state index contributed by atoms with van der Waals surface area (Å²) in [6.45, 7) is -0.412. The largest absolute Gasteiger partial charge is 0.375 e. The number of hydrogen-bond donors (Lipinski definition) is 0. The number of aromatic nitrogens is 1. The Morgan fingerprint density at radius 3 is 2.80 bits per heavy atom. The van der Waals surface area contributed by atoms with Crippen LogP contribution in [0.25, 0.3) is 0 Å². The maximum Gasteiger partial charge on any atom is 0.375 e. The van der Waals surface area contributed by atoms with Gasteiger partial charge in [0.25, 0.3) is 0 Å². The Balaban J connectivity index is 2.82. The van der Waals surface area contributed by atoms with E-state index in [2.05, 4.69) is 10.9 Å². The molecular weight excluding hydrogens is 219 g/mol. The average molecular weight is 228 g/mol. The quantitative estimate of drug-likeness (QED) is 0.564. The number of pyridine rings is 1. The van der Waals surface area contributed by atoms with Gasteiger partial charge in [-0.15, -0.1) is 6.42 Å². The topological polar surface area (TPSA) is 50.3 Å². The summed E-state index contributed by atoms with van der Waals surface area (Å²) in [5.41, 5.74) is 0.578. The maximum atomic E-state index is 12.7. The van der Waals surface area contributed by atoms with Crippen molar-refractivity contribution in [3.63, 3.8) is 0 Å². The van der Waals surface area contributed by atoms with Gasteiger partial charge in [-0.3, -0.25) is 4.98 Å². The van der Waals surface area contributed by atoms with Gasteiger partial charge in [0, 0.05) is 18.9 Å². The summed E-state index contributed by atoms with van der Waals surface area (Å²) in [4.78, 5) is 3.78. The average Bonchev–Trinajstić information content (AvgIpc) is 2.17. The normalized spacial score (nSPS) is 11.3. The Labute approximate surface area is 88.1 Å². The van der Waals surface area contributed by atoms with Crippen molar-refractivity contribution in [2.45, 2.75) is 6.54 Å². The van der Waals surface area contributed by atoms with Crippen molar-refractivity contribution in [2.75, 3.05) is 6.54 Å². The smallest absolute Gasteiger partial charge is 0.264 e. The second-order valence-electron chi connectivity index (χ2n) is 2.78. The predicted molar refractivity (Wildman–Crippen MR) is 53.5 cm³/mol. The van der Waals surface area contributed by atoms with Gasteiger partial charge in [0.2, 0.25) is 0 Å². The Hall–Kier alpha value is -1.45. The molecule has 0 aliphatic heterocycles. The van der Waals surface area contributed by atoms with Gasteiger partial charge < -0.3 is 0 Å². The van der Waals surface area contributed by atoms with Gasteiger partial charge in [-0.1, -0.05) is 15.9 Å². The van der Waals surface area contributed by atoms with Crippen LogP contribution in [0.4, 0.5) is 3.89 Å². The standard InChI is InChI=1S/C9H9FN2O2S/c1-2-6-12(15(10,13)14)8-9-4-3-5-11-7-9/h1,3-5,7H,6,8H2. The third-order valence-electron chi connectivity index (χ3n) is 1.66. The van der Waals surface area contributed by atoms with Crippen LogP contribution in [0.15, 0.2) is 24.5 Å². The Morgan fingerprint density at radius 1 is 1.60 bits per heavy atom. The molecule has 1 rings (SSSR count). The fourth-order valence-electron chi connectivity index (χ4n) is 1.01. The van der Waals surface area contributed by atoms with Crippen LogP contribution in [0, 0.1) is 12.3 Å². The van der Waals surface area contributed by atoms with Crippen molar-refractivity contribution < 1.29 is 12.3 Å². The Kier molecular flexibility index (Phi) is 3.77. The van der Waals surface area contributed by atoms with Crippen molar-refractivity contribution >= 4 is 10.4 Å². The van der Waals surface area contributed by atoms with Crippen molar-refractivity contribution in [2.24, 2.45) is 0 Å². The summed E-state index contributed by atoms with van der Waals surface area (Å²) in [5, 5.41) is 0. The summed E-state index contributed by atoms with van der Waals surface area (Å²) in [5.74, 6) is 2.08. The summed E-state index contributed by atoms with van der Waals surface area (Å²) < 4.78 is 34.6. The number of terminal acetylenes is 1. The molecular formula is C9H9FN2O2S. The Morgan fingerprint density at radius 2 is 2.33 bits per heavy atom. The highest BCUT2D eigenvalue weighted by Gasteiger charge is 2.19. The van der Waals surface area contributed by atoms with E-state index in [4.69, 9.17) is 6.42 Å². The maximum absolute atomic E-state index is 12.7. The molecule has 0 bridgehead atoms. The summed E-state index contributed by atoms with van der Waals surface area (Å²) in [6.07, 6.45) is 7.94. The molecule has 15 heavy (non-hydrogen) atoms. The zero-order valence-corrected chi connectivity index (χ0v) is 8.61. The molecule has 0 N–H and O–H groups in total. The first-order chi connectivity index (χ1) is 7.04.